The first-order valence-corrected chi connectivity index (χ1v) is 7.51. The molecule has 0 aromatic carbocycles. The minimum atomic E-state index is 0.925. The van der Waals surface area contributed by atoms with Crippen molar-refractivity contribution in [2.75, 3.05) is 0 Å². The molecule has 16 heavy (non-hydrogen) atoms. The highest BCUT2D eigenvalue weighted by atomic mass is 14.4. The molecule has 6 atom stereocenters. The predicted octanol–water partition coefficient (Wildman–Crippen LogP) is 5.38. The van der Waals surface area contributed by atoms with Crippen molar-refractivity contribution in [1.82, 2.24) is 0 Å². The minimum absolute atomic E-state index is 0.925. The molecule has 0 amide bonds. The van der Waals surface area contributed by atoms with E-state index in [4.69, 9.17) is 0 Å². The summed E-state index contributed by atoms with van der Waals surface area (Å²) in [6.07, 6.45) is 5.67. The maximum absolute atomic E-state index is 2.47. The molecule has 0 nitrogen and oxygen atoms in total. The van der Waals surface area contributed by atoms with Gasteiger partial charge in [0.1, 0.15) is 0 Å². The molecule has 0 heteroatoms. The molecule has 0 heterocycles. The van der Waals surface area contributed by atoms with Crippen LogP contribution in [0.2, 0.25) is 0 Å². The third-order valence-electron chi connectivity index (χ3n) is 5.56. The summed E-state index contributed by atoms with van der Waals surface area (Å²) in [6.45, 7) is 14.6. The van der Waals surface area contributed by atoms with Crippen molar-refractivity contribution in [2.45, 2.75) is 67.2 Å². The Morgan fingerprint density at radius 3 is 1.38 bits per heavy atom. The van der Waals surface area contributed by atoms with Crippen LogP contribution in [0.1, 0.15) is 67.2 Å². The molecule has 0 aromatic rings. The van der Waals surface area contributed by atoms with Crippen molar-refractivity contribution in [3.63, 3.8) is 0 Å². The first-order valence-electron chi connectivity index (χ1n) is 7.51. The Hall–Kier alpha value is 0. The Kier molecular flexibility index (Phi) is 5.34. The molecule has 1 saturated carbocycles. The van der Waals surface area contributed by atoms with Crippen LogP contribution >= 0.6 is 0 Å². The molecule has 96 valence electrons. The maximum atomic E-state index is 2.47. The minimum Gasteiger partial charge on any atom is -0.0651 e. The Morgan fingerprint density at radius 1 is 0.812 bits per heavy atom. The number of rotatable bonds is 4. The fraction of sp³-hybridized carbons (Fsp3) is 1.00. The highest BCUT2D eigenvalue weighted by Crippen LogP contribution is 2.45. The summed E-state index contributed by atoms with van der Waals surface area (Å²) >= 11 is 0. The highest BCUT2D eigenvalue weighted by Gasteiger charge is 2.37. The van der Waals surface area contributed by atoms with Crippen LogP contribution in [0.25, 0.3) is 0 Å². The highest BCUT2D eigenvalue weighted by molar-refractivity contribution is 4.86. The lowest BCUT2D eigenvalue weighted by Gasteiger charge is -2.44. The second-order valence-electron chi connectivity index (χ2n) is 6.52. The van der Waals surface area contributed by atoms with Crippen LogP contribution in [0, 0.1) is 35.5 Å². The van der Waals surface area contributed by atoms with Crippen LogP contribution in [0.4, 0.5) is 0 Å². The SMILES string of the molecule is CC[C@@H](C)[C@H]1C[C@@H](C)[C@@H](C)C[C@H]1[C@@H](C)CC. The van der Waals surface area contributed by atoms with E-state index >= 15 is 0 Å². The van der Waals surface area contributed by atoms with Gasteiger partial charge in [0, 0.05) is 0 Å². The fourth-order valence-corrected chi connectivity index (χ4v) is 3.59. The molecule has 0 spiro atoms. The first-order chi connectivity index (χ1) is 7.51. The van der Waals surface area contributed by atoms with Crippen LogP contribution in [0.3, 0.4) is 0 Å². The van der Waals surface area contributed by atoms with E-state index in [1.165, 1.54) is 25.7 Å². The van der Waals surface area contributed by atoms with Crippen molar-refractivity contribution in [3.8, 4) is 0 Å². The van der Waals surface area contributed by atoms with Crippen molar-refractivity contribution in [2.24, 2.45) is 35.5 Å². The van der Waals surface area contributed by atoms with Crippen molar-refractivity contribution in [3.05, 3.63) is 0 Å². The summed E-state index contributed by atoms with van der Waals surface area (Å²) in [5, 5.41) is 0. The normalized spacial score (nSPS) is 39.4. The standard InChI is InChI=1S/C16H32/c1-7-11(3)15-9-13(5)14(6)10-16(15)12(4)8-2/h11-16H,7-10H2,1-6H3/t11-,12+,13-,14+,15-,16+. The zero-order valence-electron chi connectivity index (χ0n) is 12.3. The molecule has 0 unspecified atom stereocenters. The smallest absolute Gasteiger partial charge is 0.0355 e. The first kappa shape index (κ1) is 14.1. The van der Waals surface area contributed by atoms with Gasteiger partial charge in [-0.15, -0.1) is 0 Å². The van der Waals surface area contributed by atoms with Gasteiger partial charge in [-0.1, -0.05) is 54.4 Å². The summed E-state index contributed by atoms with van der Waals surface area (Å²) in [5.74, 6) is 5.72. The number of hydrogen-bond donors (Lipinski definition) is 0. The van der Waals surface area contributed by atoms with E-state index in [0.29, 0.717) is 0 Å². The summed E-state index contributed by atoms with van der Waals surface area (Å²) in [7, 11) is 0. The van der Waals surface area contributed by atoms with Gasteiger partial charge in [-0.3, -0.25) is 0 Å². The van der Waals surface area contributed by atoms with E-state index in [1.54, 1.807) is 0 Å². The molecule has 1 aliphatic carbocycles. The Morgan fingerprint density at radius 2 is 1.12 bits per heavy atom. The average Bonchev–Trinajstić information content (AvgIpc) is 2.30. The van der Waals surface area contributed by atoms with E-state index in [2.05, 4.69) is 41.5 Å². The molecule has 1 fully saturated rings. The second-order valence-corrected chi connectivity index (χ2v) is 6.52. The molecule has 0 N–H and O–H groups in total. The van der Waals surface area contributed by atoms with Gasteiger partial charge in [0.2, 0.25) is 0 Å². The molecular weight excluding hydrogens is 192 g/mol. The van der Waals surface area contributed by atoms with Gasteiger partial charge in [0.15, 0.2) is 0 Å². The monoisotopic (exact) mass is 224 g/mol. The van der Waals surface area contributed by atoms with Gasteiger partial charge < -0.3 is 0 Å². The lowest BCUT2D eigenvalue weighted by molar-refractivity contribution is 0.0550. The molecule has 0 bridgehead atoms. The van der Waals surface area contributed by atoms with Crippen LogP contribution in [-0.4, -0.2) is 0 Å². The van der Waals surface area contributed by atoms with E-state index in [0.717, 1.165) is 35.5 Å². The lowest BCUT2D eigenvalue weighted by atomic mass is 9.61. The second kappa shape index (κ2) is 6.07. The summed E-state index contributed by atoms with van der Waals surface area (Å²) < 4.78 is 0. The zero-order chi connectivity index (χ0) is 12.3. The van der Waals surface area contributed by atoms with Gasteiger partial charge in [0.05, 0.1) is 0 Å². The Bertz CT molecular complexity index is 174. The average molecular weight is 224 g/mol. The Labute approximate surface area is 103 Å². The largest absolute Gasteiger partial charge is 0.0651 e. The number of hydrogen-bond acceptors (Lipinski definition) is 0. The van der Waals surface area contributed by atoms with Crippen molar-refractivity contribution >= 4 is 0 Å². The molecule has 0 saturated heterocycles. The van der Waals surface area contributed by atoms with E-state index in [-0.39, 0.29) is 0 Å². The van der Waals surface area contributed by atoms with Crippen LogP contribution in [-0.2, 0) is 0 Å². The third kappa shape index (κ3) is 3.02. The summed E-state index contributed by atoms with van der Waals surface area (Å²) in [4.78, 5) is 0. The van der Waals surface area contributed by atoms with Crippen LogP contribution in [0.5, 0.6) is 0 Å². The summed E-state index contributed by atoms with van der Waals surface area (Å²) in [6, 6.07) is 0. The molecular formula is C16H32. The van der Waals surface area contributed by atoms with Crippen molar-refractivity contribution < 1.29 is 0 Å². The lowest BCUT2D eigenvalue weighted by Crippen LogP contribution is -2.36. The molecule has 1 rings (SSSR count). The zero-order valence-corrected chi connectivity index (χ0v) is 12.3. The summed E-state index contributed by atoms with van der Waals surface area (Å²) in [5.41, 5.74) is 0. The fourth-order valence-electron chi connectivity index (χ4n) is 3.59. The topological polar surface area (TPSA) is 0 Å². The quantitative estimate of drug-likeness (QED) is 0.601. The third-order valence-corrected chi connectivity index (χ3v) is 5.56. The van der Waals surface area contributed by atoms with Crippen molar-refractivity contribution in [1.29, 1.82) is 0 Å². The Balaban J connectivity index is 2.75. The van der Waals surface area contributed by atoms with Gasteiger partial charge in [-0.05, 0) is 48.3 Å². The van der Waals surface area contributed by atoms with Crippen LogP contribution < -0.4 is 0 Å². The van der Waals surface area contributed by atoms with E-state index in [9.17, 15) is 0 Å². The van der Waals surface area contributed by atoms with Gasteiger partial charge in [-0.2, -0.15) is 0 Å². The van der Waals surface area contributed by atoms with E-state index < -0.39 is 0 Å². The van der Waals surface area contributed by atoms with E-state index in [1.807, 2.05) is 0 Å². The molecule has 0 aromatic heterocycles. The van der Waals surface area contributed by atoms with Gasteiger partial charge in [-0.25, -0.2) is 0 Å². The molecule has 1 aliphatic rings. The molecule has 0 aliphatic heterocycles. The maximum Gasteiger partial charge on any atom is -0.0355 e. The molecule has 0 radical (unpaired) electrons. The van der Waals surface area contributed by atoms with Gasteiger partial charge >= 0.3 is 0 Å². The van der Waals surface area contributed by atoms with Gasteiger partial charge in [0.25, 0.3) is 0 Å². The predicted molar refractivity (Wildman–Crippen MR) is 73.5 cm³/mol. The van der Waals surface area contributed by atoms with Crippen LogP contribution in [0.15, 0.2) is 0 Å².